The van der Waals surface area contributed by atoms with Crippen molar-refractivity contribution in [3.63, 3.8) is 0 Å². The van der Waals surface area contributed by atoms with E-state index >= 15 is 0 Å². The molecule has 2 aromatic carbocycles. The first-order chi connectivity index (χ1) is 11.1. The van der Waals surface area contributed by atoms with Crippen LogP contribution in [0.4, 0.5) is 0 Å². The molecular formula is C18H15BrN2O2. The van der Waals surface area contributed by atoms with Gasteiger partial charge in [-0.3, -0.25) is 14.9 Å². The lowest BCUT2D eigenvalue weighted by atomic mass is 9.88. The van der Waals surface area contributed by atoms with Crippen molar-refractivity contribution in [2.45, 2.75) is 18.9 Å². The predicted octanol–water partition coefficient (Wildman–Crippen LogP) is 2.76. The predicted molar refractivity (Wildman–Crippen MR) is 90.5 cm³/mol. The van der Waals surface area contributed by atoms with Crippen LogP contribution in [0.3, 0.4) is 0 Å². The summed E-state index contributed by atoms with van der Waals surface area (Å²) < 4.78 is 1.09. The van der Waals surface area contributed by atoms with Gasteiger partial charge in [-0.05, 0) is 54.3 Å². The molecule has 2 aromatic rings. The zero-order valence-electron chi connectivity index (χ0n) is 12.4. The van der Waals surface area contributed by atoms with E-state index in [9.17, 15) is 9.59 Å². The van der Waals surface area contributed by atoms with Gasteiger partial charge in [-0.15, -0.1) is 0 Å². The van der Waals surface area contributed by atoms with E-state index in [1.54, 1.807) is 6.07 Å². The zero-order chi connectivity index (χ0) is 16.0. The van der Waals surface area contributed by atoms with Gasteiger partial charge in [-0.1, -0.05) is 34.1 Å². The molecule has 116 valence electrons. The van der Waals surface area contributed by atoms with E-state index in [1.165, 1.54) is 11.1 Å². The average molecular weight is 371 g/mol. The molecule has 0 bridgehead atoms. The van der Waals surface area contributed by atoms with Crippen molar-refractivity contribution in [1.82, 2.24) is 10.6 Å². The van der Waals surface area contributed by atoms with Crippen LogP contribution in [0, 0.1) is 0 Å². The smallest absolute Gasteiger partial charge is 0.259 e. The summed E-state index contributed by atoms with van der Waals surface area (Å²) in [6, 6.07) is 12.0. The van der Waals surface area contributed by atoms with E-state index in [2.05, 4.69) is 38.7 Å². The third-order valence-electron chi connectivity index (χ3n) is 4.54. The lowest BCUT2D eigenvalue weighted by molar-refractivity contribution is 0.0879. The molecule has 4 rings (SSSR count). The minimum atomic E-state index is -0.298. The summed E-state index contributed by atoms with van der Waals surface area (Å²) in [7, 11) is 0. The molecule has 0 radical (unpaired) electrons. The highest BCUT2D eigenvalue weighted by Crippen LogP contribution is 2.30. The summed E-state index contributed by atoms with van der Waals surface area (Å²) in [4.78, 5) is 23.9. The molecule has 5 heteroatoms. The standard InChI is InChI=1S/C18H15BrN2O2/c19-12-4-5-13-10(8-12)6-7-20-15(13)9-11-2-1-3-14-16(11)18(23)21-17(14)22/h1-5,8,15,20H,6-7,9H2,(H,21,22,23). The van der Waals surface area contributed by atoms with Crippen LogP contribution in [0.1, 0.15) is 43.4 Å². The highest BCUT2D eigenvalue weighted by molar-refractivity contribution is 9.10. The number of rotatable bonds is 2. The molecule has 0 saturated carbocycles. The number of hydrogen-bond acceptors (Lipinski definition) is 3. The van der Waals surface area contributed by atoms with Crippen molar-refractivity contribution in [2.24, 2.45) is 0 Å². The third kappa shape index (κ3) is 2.50. The molecule has 0 aliphatic carbocycles. The zero-order valence-corrected chi connectivity index (χ0v) is 13.9. The molecule has 2 N–H and O–H groups in total. The number of carbonyl (C=O) groups is 2. The van der Waals surface area contributed by atoms with Gasteiger partial charge < -0.3 is 5.32 Å². The second kappa shape index (κ2) is 5.58. The summed E-state index contributed by atoms with van der Waals surface area (Å²) in [6.45, 7) is 0.911. The molecule has 2 aliphatic heterocycles. The van der Waals surface area contributed by atoms with E-state index in [0.717, 1.165) is 23.0 Å². The fraction of sp³-hybridized carbons (Fsp3) is 0.222. The maximum absolute atomic E-state index is 12.1. The minimum Gasteiger partial charge on any atom is -0.309 e. The van der Waals surface area contributed by atoms with Gasteiger partial charge in [0.2, 0.25) is 0 Å². The number of amides is 2. The van der Waals surface area contributed by atoms with Crippen LogP contribution < -0.4 is 10.6 Å². The molecule has 0 aromatic heterocycles. The molecule has 1 unspecified atom stereocenters. The van der Waals surface area contributed by atoms with Crippen LogP contribution in [0.5, 0.6) is 0 Å². The molecule has 4 nitrogen and oxygen atoms in total. The Hall–Kier alpha value is -1.98. The number of halogens is 1. The highest BCUT2D eigenvalue weighted by atomic mass is 79.9. The van der Waals surface area contributed by atoms with Gasteiger partial charge in [0.1, 0.15) is 0 Å². The SMILES string of the molecule is O=C1NC(=O)c2c(CC3NCCc4cc(Br)ccc43)cccc21. The fourth-order valence-electron chi connectivity index (χ4n) is 3.48. The molecule has 23 heavy (non-hydrogen) atoms. The van der Waals surface area contributed by atoms with Gasteiger partial charge in [-0.2, -0.15) is 0 Å². The van der Waals surface area contributed by atoms with Gasteiger partial charge in [0.05, 0.1) is 11.1 Å². The Bertz CT molecular complexity index is 832. The summed E-state index contributed by atoms with van der Waals surface area (Å²) in [6.07, 6.45) is 1.69. The van der Waals surface area contributed by atoms with Crippen LogP contribution in [0.25, 0.3) is 0 Å². The van der Waals surface area contributed by atoms with Crippen molar-refractivity contribution in [1.29, 1.82) is 0 Å². The molecule has 0 spiro atoms. The van der Waals surface area contributed by atoms with E-state index in [-0.39, 0.29) is 17.9 Å². The van der Waals surface area contributed by atoms with Crippen molar-refractivity contribution < 1.29 is 9.59 Å². The Labute approximate surface area is 142 Å². The van der Waals surface area contributed by atoms with E-state index in [4.69, 9.17) is 0 Å². The number of hydrogen-bond donors (Lipinski definition) is 2. The van der Waals surface area contributed by atoms with Crippen LogP contribution in [-0.2, 0) is 12.8 Å². The number of carbonyl (C=O) groups excluding carboxylic acids is 2. The first-order valence-electron chi connectivity index (χ1n) is 7.63. The topological polar surface area (TPSA) is 58.2 Å². The Balaban J connectivity index is 1.71. The highest BCUT2D eigenvalue weighted by Gasteiger charge is 2.30. The fourth-order valence-corrected chi connectivity index (χ4v) is 3.89. The Morgan fingerprint density at radius 2 is 2.00 bits per heavy atom. The Kier molecular flexibility index (Phi) is 3.54. The van der Waals surface area contributed by atoms with Crippen molar-refractivity contribution >= 4 is 27.7 Å². The Morgan fingerprint density at radius 1 is 1.13 bits per heavy atom. The van der Waals surface area contributed by atoms with E-state index in [0.29, 0.717) is 17.5 Å². The lowest BCUT2D eigenvalue weighted by Gasteiger charge is -2.27. The van der Waals surface area contributed by atoms with Gasteiger partial charge in [0.25, 0.3) is 11.8 Å². The first kappa shape index (κ1) is 14.6. The number of imide groups is 1. The van der Waals surface area contributed by atoms with Crippen molar-refractivity contribution in [3.05, 3.63) is 68.7 Å². The van der Waals surface area contributed by atoms with Gasteiger partial charge in [-0.25, -0.2) is 0 Å². The maximum Gasteiger partial charge on any atom is 0.259 e. The first-order valence-corrected chi connectivity index (χ1v) is 8.42. The van der Waals surface area contributed by atoms with Crippen LogP contribution in [0.15, 0.2) is 40.9 Å². The minimum absolute atomic E-state index is 0.154. The molecular weight excluding hydrogens is 356 g/mol. The normalized spacial score (nSPS) is 19.3. The van der Waals surface area contributed by atoms with Gasteiger partial charge in [0.15, 0.2) is 0 Å². The van der Waals surface area contributed by atoms with Gasteiger partial charge >= 0.3 is 0 Å². The van der Waals surface area contributed by atoms with Crippen molar-refractivity contribution in [3.8, 4) is 0 Å². The van der Waals surface area contributed by atoms with Crippen LogP contribution in [-0.4, -0.2) is 18.4 Å². The molecule has 2 heterocycles. The number of benzene rings is 2. The monoisotopic (exact) mass is 370 g/mol. The van der Waals surface area contributed by atoms with Crippen molar-refractivity contribution in [2.75, 3.05) is 6.54 Å². The average Bonchev–Trinajstić information content (AvgIpc) is 2.83. The Morgan fingerprint density at radius 3 is 2.87 bits per heavy atom. The van der Waals surface area contributed by atoms with Crippen LogP contribution in [0.2, 0.25) is 0 Å². The molecule has 2 aliphatic rings. The molecule has 0 saturated heterocycles. The van der Waals surface area contributed by atoms with E-state index in [1.807, 2.05) is 18.2 Å². The summed E-state index contributed by atoms with van der Waals surface area (Å²) in [5, 5.41) is 5.91. The van der Waals surface area contributed by atoms with Crippen LogP contribution >= 0.6 is 15.9 Å². The largest absolute Gasteiger partial charge is 0.309 e. The third-order valence-corrected chi connectivity index (χ3v) is 5.03. The maximum atomic E-state index is 12.1. The second-order valence-electron chi connectivity index (χ2n) is 5.93. The molecule has 1 atom stereocenters. The number of nitrogens with one attached hydrogen (secondary N) is 2. The summed E-state index contributed by atoms with van der Waals surface area (Å²) >= 11 is 3.52. The summed E-state index contributed by atoms with van der Waals surface area (Å²) in [5.74, 6) is -0.583. The second-order valence-corrected chi connectivity index (χ2v) is 6.84. The quantitative estimate of drug-likeness (QED) is 0.799. The van der Waals surface area contributed by atoms with Gasteiger partial charge in [0, 0.05) is 10.5 Å². The van der Waals surface area contributed by atoms with E-state index < -0.39 is 0 Å². The lowest BCUT2D eigenvalue weighted by Crippen LogP contribution is -2.31. The molecule has 2 amide bonds. The molecule has 0 fully saturated rings. The number of fused-ring (bicyclic) bond motifs is 2. The summed E-state index contributed by atoms with van der Waals surface area (Å²) in [5.41, 5.74) is 4.53.